The lowest BCUT2D eigenvalue weighted by molar-refractivity contribution is -0.384. The Balaban J connectivity index is 3.18. The van der Waals surface area contributed by atoms with Crippen molar-refractivity contribution in [3.05, 3.63) is 33.9 Å². The number of amides is 1. The summed E-state index contributed by atoms with van der Waals surface area (Å²) < 4.78 is 5.31. The molecule has 1 N–H and O–H groups in total. The van der Waals surface area contributed by atoms with Crippen molar-refractivity contribution in [2.24, 2.45) is 0 Å². The predicted molar refractivity (Wildman–Crippen MR) is 90.2 cm³/mol. The van der Waals surface area contributed by atoms with E-state index < -0.39 is 28.4 Å². The maximum Gasteiger partial charge on any atom is 0.328 e. The number of rotatable bonds is 5. The van der Waals surface area contributed by atoms with Gasteiger partial charge in [0.2, 0.25) is 0 Å². The highest BCUT2D eigenvalue weighted by atomic mass is 16.6. The number of anilines is 1. The quantitative estimate of drug-likeness (QED) is 0.502. The van der Waals surface area contributed by atoms with Crippen molar-refractivity contribution < 1.29 is 19.2 Å². The van der Waals surface area contributed by atoms with Crippen LogP contribution < -0.4 is 10.2 Å². The molecule has 0 spiro atoms. The van der Waals surface area contributed by atoms with E-state index in [9.17, 15) is 19.7 Å². The van der Waals surface area contributed by atoms with E-state index in [-0.39, 0.29) is 16.9 Å². The molecule has 0 unspecified atom stereocenters. The Morgan fingerprint density at radius 3 is 2.38 bits per heavy atom. The number of nitro groups is 1. The van der Waals surface area contributed by atoms with Crippen molar-refractivity contribution in [1.82, 2.24) is 5.32 Å². The van der Waals surface area contributed by atoms with Crippen molar-refractivity contribution >= 4 is 23.3 Å². The van der Waals surface area contributed by atoms with Crippen LogP contribution in [0.4, 0.5) is 11.4 Å². The van der Waals surface area contributed by atoms with Gasteiger partial charge in [0, 0.05) is 25.7 Å². The van der Waals surface area contributed by atoms with Gasteiger partial charge in [0.05, 0.1) is 4.92 Å². The summed E-state index contributed by atoms with van der Waals surface area (Å²) in [5.74, 6) is -0.915. The smallest absolute Gasteiger partial charge is 0.328 e. The van der Waals surface area contributed by atoms with Gasteiger partial charge in [0.25, 0.3) is 11.6 Å². The first kappa shape index (κ1) is 19.4. The number of nitro benzene ring substituents is 1. The average Bonchev–Trinajstić information content (AvgIpc) is 2.50. The molecular formula is C16H23N3O5. The van der Waals surface area contributed by atoms with Gasteiger partial charge < -0.3 is 15.0 Å². The number of hydrogen-bond donors (Lipinski definition) is 1. The molecule has 0 aromatic heterocycles. The molecule has 0 bridgehead atoms. The molecule has 24 heavy (non-hydrogen) atoms. The van der Waals surface area contributed by atoms with Crippen LogP contribution in [0.3, 0.4) is 0 Å². The maximum absolute atomic E-state index is 12.2. The number of esters is 1. The van der Waals surface area contributed by atoms with E-state index in [1.807, 2.05) is 0 Å². The van der Waals surface area contributed by atoms with Crippen LogP contribution in [0.5, 0.6) is 0 Å². The second kappa shape index (κ2) is 7.29. The summed E-state index contributed by atoms with van der Waals surface area (Å²) in [6.45, 7) is 6.85. The van der Waals surface area contributed by atoms with E-state index in [0.717, 1.165) is 0 Å². The first-order valence-electron chi connectivity index (χ1n) is 7.44. The van der Waals surface area contributed by atoms with E-state index in [0.29, 0.717) is 0 Å². The summed E-state index contributed by atoms with van der Waals surface area (Å²) in [7, 11) is 3.01. The van der Waals surface area contributed by atoms with Gasteiger partial charge in [-0.3, -0.25) is 14.9 Å². The number of hydrogen-bond acceptors (Lipinski definition) is 6. The van der Waals surface area contributed by atoms with Crippen LogP contribution in [0.2, 0.25) is 0 Å². The molecule has 132 valence electrons. The maximum atomic E-state index is 12.2. The van der Waals surface area contributed by atoms with Crippen LogP contribution in [0, 0.1) is 10.1 Å². The van der Waals surface area contributed by atoms with E-state index in [1.165, 1.54) is 30.1 Å². The summed E-state index contributed by atoms with van der Waals surface area (Å²) in [5, 5.41) is 13.8. The Kier molecular flexibility index (Phi) is 5.89. The van der Waals surface area contributed by atoms with Gasteiger partial charge in [-0.25, -0.2) is 4.79 Å². The van der Waals surface area contributed by atoms with E-state index in [1.54, 1.807) is 34.7 Å². The lowest BCUT2D eigenvalue weighted by Gasteiger charge is -2.28. The highest BCUT2D eigenvalue weighted by molar-refractivity contribution is 5.95. The second-order valence-electron chi connectivity index (χ2n) is 6.36. The number of ether oxygens (including phenoxy) is 1. The SMILES string of the molecule is CNC(=O)c1ccc(N(C)[C@@H](C)C(=O)OC(C)(C)C)c([N+](=O)[O-])c1. The molecular weight excluding hydrogens is 314 g/mol. The molecule has 0 heterocycles. The molecule has 0 aliphatic rings. The van der Waals surface area contributed by atoms with Crippen molar-refractivity contribution in [2.75, 3.05) is 19.0 Å². The molecule has 1 atom stereocenters. The van der Waals surface area contributed by atoms with Crippen molar-refractivity contribution in [3.8, 4) is 0 Å². The molecule has 1 aromatic rings. The van der Waals surface area contributed by atoms with E-state index >= 15 is 0 Å². The molecule has 0 saturated carbocycles. The van der Waals surface area contributed by atoms with Crippen LogP contribution in [0.15, 0.2) is 18.2 Å². The summed E-state index contributed by atoms with van der Waals surface area (Å²) in [5.41, 5.74) is -0.507. The van der Waals surface area contributed by atoms with Gasteiger partial charge in [0.15, 0.2) is 0 Å². The number of likely N-dealkylation sites (N-methyl/N-ethyl adjacent to an activating group) is 1. The third-order valence-electron chi connectivity index (χ3n) is 3.37. The molecule has 0 radical (unpaired) electrons. The van der Waals surface area contributed by atoms with E-state index in [4.69, 9.17) is 4.74 Å². The molecule has 8 heteroatoms. The fourth-order valence-electron chi connectivity index (χ4n) is 2.01. The zero-order chi connectivity index (χ0) is 18.7. The third kappa shape index (κ3) is 4.68. The number of nitrogens with one attached hydrogen (secondary N) is 1. The van der Waals surface area contributed by atoms with Crippen molar-refractivity contribution in [1.29, 1.82) is 0 Å². The van der Waals surface area contributed by atoms with Crippen molar-refractivity contribution in [3.63, 3.8) is 0 Å². The molecule has 1 amide bonds. The molecule has 0 aliphatic heterocycles. The van der Waals surface area contributed by atoms with Gasteiger partial charge in [-0.05, 0) is 39.8 Å². The highest BCUT2D eigenvalue weighted by Crippen LogP contribution is 2.30. The average molecular weight is 337 g/mol. The van der Waals surface area contributed by atoms with Gasteiger partial charge in [-0.2, -0.15) is 0 Å². The Labute approximate surface area is 140 Å². The first-order valence-corrected chi connectivity index (χ1v) is 7.44. The van der Waals surface area contributed by atoms with E-state index in [2.05, 4.69) is 5.32 Å². The minimum atomic E-state index is -0.728. The minimum absolute atomic E-state index is 0.172. The lowest BCUT2D eigenvalue weighted by atomic mass is 10.1. The van der Waals surface area contributed by atoms with Crippen LogP contribution in [-0.2, 0) is 9.53 Å². The van der Waals surface area contributed by atoms with Gasteiger partial charge >= 0.3 is 5.97 Å². The zero-order valence-electron chi connectivity index (χ0n) is 14.7. The van der Waals surface area contributed by atoms with Crippen molar-refractivity contribution in [2.45, 2.75) is 39.3 Å². The molecule has 0 aliphatic carbocycles. The topological polar surface area (TPSA) is 102 Å². The Morgan fingerprint density at radius 1 is 1.33 bits per heavy atom. The zero-order valence-corrected chi connectivity index (χ0v) is 14.7. The van der Waals surface area contributed by atoms with Crippen LogP contribution in [-0.4, -0.2) is 42.5 Å². The summed E-state index contributed by atoms with van der Waals surface area (Å²) in [4.78, 5) is 36.0. The lowest BCUT2D eigenvalue weighted by Crippen LogP contribution is -2.40. The normalized spacial score (nSPS) is 12.2. The standard InChI is InChI=1S/C16H23N3O5/c1-10(15(21)24-16(2,3)4)18(6)12-8-7-11(14(20)17-5)9-13(12)19(22)23/h7-10H,1-6H3,(H,17,20)/t10-/m0/s1. The molecule has 8 nitrogen and oxygen atoms in total. The fraction of sp³-hybridized carbons (Fsp3) is 0.500. The first-order chi connectivity index (χ1) is 11.0. The third-order valence-corrected chi connectivity index (χ3v) is 3.37. The molecule has 0 fully saturated rings. The Morgan fingerprint density at radius 2 is 1.92 bits per heavy atom. The fourth-order valence-corrected chi connectivity index (χ4v) is 2.01. The summed E-state index contributed by atoms with van der Waals surface area (Å²) in [6.07, 6.45) is 0. The largest absolute Gasteiger partial charge is 0.458 e. The Bertz CT molecular complexity index is 652. The van der Waals surface area contributed by atoms with Gasteiger partial charge in [-0.1, -0.05) is 0 Å². The Hall–Kier alpha value is -2.64. The highest BCUT2D eigenvalue weighted by Gasteiger charge is 2.29. The van der Waals surface area contributed by atoms with Crippen LogP contribution in [0.25, 0.3) is 0 Å². The number of carbonyl (C=O) groups excluding carboxylic acids is 2. The molecule has 1 rings (SSSR count). The summed E-state index contributed by atoms with van der Waals surface area (Å²) in [6, 6.07) is 3.38. The molecule has 0 saturated heterocycles. The minimum Gasteiger partial charge on any atom is -0.458 e. The molecule has 1 aromatic carbocycles. The van der Waals surface area contributed by atoms with Gasteiger partial charge in [0.1, 0.15) is 17.3 Å². The number of nitrogens with zero attached hydrogens (tertiary/aromatic N) is 2. The second-order valence-corrected chi connectivity index (χ2v) is 6.36. The van der Waals surface area contributed by atoms with Crippen LogP contribution >= 0.6 is 0 Å². The predicted octanol–water partition coefficient (Wildman–Crippen LogP) is 2.12. The van der Waals surface area contributed by atoms with Crippen LogP contribution in [0.1, 0.15) is 38.1 Å². The number of benzene rings is 1. The number of carbonyl (C=O) groups is 2. The summed E-state index contributed by atoms with van der Waals surface area (Å²) >= 11 is 0. The monoisotopic (exact) mass is 337 g/mol. The van der Waals surface area contributed by atoms with Gasteiger partial charge in [-0.15, -0.1) is 0 Å².